The number of amides is 1. The third-order valence-electron chi connectivity index (χ3n) is 2.02. The molecule has 2 rings (SSSR count). The van der Waals surface area contributed by atoms with Crippen molar-refractivity contribution in [3.63, 3.8) is 0 Å². The van der Waals surface area contributed by atoms with E-state index < -0.39 is 0 Å². The van der Waals surface area contributed by atoms with Gasteiger partial charge in [-0.25, -0.2) is 4.98 Å². The molecule has 3 N–H and O–H groups in total. The summed E-state index contributed by atoms with van der Waals surface area (Å²) in [4.78, 5) is 15.3. The molecule has 0 fully saturated rings. The Morgan fingerprint density at radius 3 is 2.69 bits per heavy atom. The molecule has 1 aromatic carbocycles. The summed E-state index contributed by atoms with van der Waals surface area (Å²) in [6, 6.07) is 6.88. The van der Waals surface area contributed by atoms with E-state index in [0.717, 1.165) is 5.56 Å². The van der Waals surface area contributed by atoms with E-state index in [-0.39, 0.29) is 18.3 Å². The predicted molar refractivity (Wildman–Crippen MR) is 56.7 cm³/mol. The van der Waals surface area contributed by atoms with Gasteiger partial charge in [-0.15, -0.1) is 0 Å². The SMILES string of the molecule is O=C(Nc1ccc(CO)cc1)c1ncn[nH]1. The first-order valence-corrected chi connectivity index (χ1v) is 4.66. The fraction of sp³-hybridized carbons (Fsp3) is 0.100. The maximum Gasteiger partial charge on any atom is 0.292 e. The van der Waals surface area contributed by atoms with E-state index in [9.17, 15) is 4.79 Å². The Bertz CT molecular complexity index is 464. The van der Waals surface area contributed by atoms with Crippen LogP contribution in [0.3, 0.4) is 0 Å². The van der Waals surface area contributed by atoms with Gasteiger partial charge in [0, 0.05) is 5.69 Å². The predicted octanol–water partition coefficient (Wildman–Crippen LogP) is 0.549. The highest BCUT2D eigenvalue weighted by atomic mass is 16.3. The molecule has 0 atom stereocenters. The van der Waals surface area contributed by atoms with Crippen LogP contribution in [-0.4, -0.2) is 26.2 Å². The van der Waals surface area contributed by atoms with Crippen LogP contribution in [0, 0.1) is 0 Å². The fourth-order valence-electron chi connectivity index (χ4n) is 1.20. The van der Waals surface area contributed by atoms with Crippen LogP contribution in [0.2, 0.25) is 0 Å². The van der Waals surface area contributed by atoms with Gasteiger partial charge in [0.2, 0.25) is 5.82 Å². The largest absolute Gasteiger partial charge is 0.392 e. The second kappa shape index (κ2) is 4.54. The molecule has 1 aromatic heterocycles. The first-order valence-electron chi connectivity index (χ1n) is 4.66. The van der Waals surface area contributed by atoms with Crippen LogP contribution >= 0.6 is 0 Å². The number of carbonyl (C=O) groups is 1. The van der Waals surface area contributed by atoms with Gasteiger partial charge in [0.25, 0.3) is 5.91 Å². The van der Waals surface area contributed by atoms with Gasteiger partial charge >= 0.3 is 0 Å². The second-order valence-corrected chi connectivity index (χ2v) is 3.14. The summed E-state index contributed by atoms with van der Waals surface area (Å²) in [6.45, 7) is -0.0175. The molecular formula is C10H10N4O2. The summed E-state index contributed by atoms with van der Waals surface area (Å²) < 4.78 is 0. The minimum absolute atomic E-state index is 0.0175. The average Bonchev–Trinajstić information content (AvgIpc) is 2.83. The molecule has 0 saturated heterocycles. The Morgan fingerprint density at radius 2 is 2.12 bits per heavy atom. The number of hydrogen-bond donors (Lipinski definition) is 3. The number of H-pyrrole nitrogens is 1. The quantitative estimate of drug-likeness (QED) is 0.701. The molecule has 1 amide bonds. The van der Waals surface area contributed by atoms with Crippen LogP contribution in [0.25, 0.3) is 0 Å². The average molecular weight is 218 g/mol. The molecule has 2 aromatic rings. The van der Waals surface area contributed by atoms with Gasteiger partial charge in [-0.2, -0.15) is 5.10 Å². The van der Waals surface area contributed by atoms with Crippen molar-refractivity contribution in [3.8, 4) is 0 Å². The molecule has 0 bridgehead atoms. The summed E-state index contributed by atoms with van der Waals surface area (Å²) >= 11 is 0. The van der Waals surface area contributed by atoms with E-state index in [1.165, 1.54) is 6.33 Å². The number of benzene rings is 1. The lowest BCUT2D eigenvalue weighted by atomic mass is 10.2. The highest BCUT2D eigenvalue weighted by Gasteiger charge is 2.08. The molecule has 1 heterocycles. The van der Waals surface area contributed by atoms with Crippen LogP contribution in [0.15, 0.2) is 30.6 Å². The molecule has 6 nitrogen and oxygen atoms in total. The number of rotatable bonds is 3. The number of anilines is 1. The smallest absolute Gasteiger partial charge is 0.292 e. The Morgan fingerprint density at radius 1 is 1.38 bits per heavy atom. The Labute approximate surface area is 91.3 Å². The summed E-state index contributed by atoms with van der Waals surface area (Å²) in [7, 11) is 0. The van der Waals surface area contributed by atoms with E-state index in [2.05, 4.69) is 20.5 Å². The van der Waals surface area contributed by atoms with Crippen LogP contribution in [-0.2, 0) is 6.61 Å². The van der Waals surface area contributed by atoms with Gasteiger partial charge < -0.3 is 10.4 Å². The normalized spacial score (nSPS) is 10.1. The highest BCUT2D eigenvalue weighted by molar-refractivity contribution is 6.01. The monoisotopic (exact) mass is 218 g/mol. The summed E-state index contributed by atoms with van der Waals surface area (Å²) in [5.41, 5.74) is 1.43. The van der Waals surface area contributed by atoms with Gasteiger partial charge in [0.05, 0.1) is 6.61 Å². The summed E-state index contributed by atoms with van der Waals surface area (Å²) in [5, 5.41) is 17.5. The van der Waals surface area contributed by atoms with Gasteiger partial charge in [0.1, 0.15) is 6.33 Å². The number of aromatic nitrogens is 3. The van der Waals surface area contributed by atoms with Crippen molar-refractivity contribution >= 4 is 11.6 Å². The summed E-state index contributed by atoms with van der Waals surface area (Å²) in [6.07, 6.45) is 1.27. The molecule has 0 aliphatic carbocycles. The number of hydrogen-bond acceptors (Lipinski definition) is 4. The molecule has 0 unspecified atom stereocenters. The van der Waals surface area contributed by atoms with Crippen molar-refractivity contribution in [3.05, 3.63) is 42.0 Å². The third kappa shape index (κ3) is 2.23. The van der Waals surface area contributed by atoms with Gasteiger partial charge in [-0.1, -0.05) is 12.1 Å². The van der Waals surface area contributed by atoms with Gasteiger partial charge in [-0.3, -0.25) is 9.89 Å². The Kier molecular flexibility index (Phi) is 2.93. The Balaban J connectivity index is 2.06. The minimum atomic E-state index is -0.353. The summed E-state index contributed by atoms with van der Waals surface area (Å²) in [5.74, 6) is -0.194. The lowest BCUT2D eigenvalue weighted by molar-refractivity contribution is 0.101. The standard InChI is InChI=1S/C10H10N4O2/c15-5-7-1-3-8(4-2-7)13-10(16)9-11-6-12-14-9/h1-4,6,15H,5H2,(H,13,16)(H,11,12,14). The zero-order chi connectivity index (χ0) is 11.4. The van der Waals surface area contributed by atoms with Crippen molar-refractivity contribution in [1.82, 2.24) is 15.2 Å². The molecule has 0 radical (unpaired) electrons. The fourth-order valence-corrected chi connectivity index (χ4v) is 1.20. The maximum absolute atomic E-state index is 11.5. The van der Waals surface area contributed by atoms with Crippen molar-refractivity contribution < 1.29 is 9.90 Å². The maximum atomic E-state index is 11.5. The number of aliphatic hydroxyl groups excluding tert-OH is 1. The molecule has 0 spiro atoms. The van der Waals surface area contributed by atoms with E-state index in [0.29, 0.717) is 5.69 Å². The van der Waals surface area contributed by atoms with E-state index in [1.54, 1.807) is 24.3 Å². The van der Waals surface area contributed by atoms with E-state index in [4.69, 9.17) is 5.11 Å². The van der Waals surface area contributed by atoms with Crippen molar-refractivity contribution in [2.24, 2.45) is 0 Å². The lowest BCUT2D eigenvalue weighted by Crippen LogP contribution is -2.13. The first-order chi connectivity index (χ1) is 7.79. The van der Waals surface area contributed by atoms with Crippen molar-refractivity contribution in [2.45, 2.75) is 6.61 Å². The molecule has 0 aliphatic rings. The highest BCUT2D eigenvalue weighted by Crippen LogP contribution is 2.10. The first kappa shape index (κ1) is 10.3. The zero-order valence-electron chi connectivity index (χ0n) is 8.34. The number of nitrogens with one attached hydrogen (secondary N) is 2. The minimum Gasteiger partial charge on any atom is -0.392 e. The van der Waals surface area contributed by atoms with Crippen LogP contribution in [0.5, 0.6) is 0 Å². The van der Waals surface area contributed by atoms with Gasteiger partial charge in [0.15, 0.2) is 0 Å². The number of aromatic amines is 1. The zero-order valence-corrected chi connectivity index (χ0v) is 8.34. The number of nitrogens with zero attached hydrogens (tertiary/aromatic N) is 2. The number of aliphatic hydroxyl groups is 1. The van der Waals surface area contributed by atoms with Crippen molar-refractivity contribution in [2.75, 3.05) is 5.32 Å². The van der Waals surface area contributed by atoms with Crippen LogP contribution < -0.4 is 5.32 Å². The molecule has 6 heteroatoms. The molecule has 0 aliphatic heterocycles. The molecular weight excluding hydrogens is 208 g/mol. The third-order valence-corrected chi connectivity index (χ3v) is 2.02. The van der Waals surface area contributed by atoms with E-state index >= 15 is 0 Å². The van der Waals surface area contributed by atoms with Gasteiger partial charge in [-0.05, 0) is 17.7 Å². The van der Waals surface area contributed by atoms with Crippen molar-refractivity contribution in [1.29, 1.82) is 0 Å². The topological polar surface area (TPSA) is 90.9 Å². The second-order valence-electron chi connectivity index (χ2n) is 3.14. The van der Waals surface area contributed by atoms with E-state index in [1.807, 2.05) is 0 Å². The molecule has 16 heavy (non-hydrogen) atoms. The Hall–Kier alpha value is -2.21. The van der Waals surface area contributed by atoms with Crippen LogP contribution in [0.4, 0.5) is 5.69 Å². The lowest BCUT2D eigenvalue weighted by Gasteiger charge is -2.03. The number of carbonyl (C=O) groups excluding carboxylic acids is 1. The molecule has 0 saturated carbocycles. The van der Waals surface area contributed by atoms with Crippen LogP contribution in [0.1, 0.15) is 16.2 Å². The molecule has 82 valence electrons.